The number of aryl methyl sites for hydroxylation is 1. The third kappa shape index (κ3) is 3.03. The first-order chi connectivity index (χ1) is 14.5. The molecule has 3 aliphatic rings. The number of fused-ring (bicyclic) bond motifs is 1. The summed E-state index contributed by atoms with van der Waals surface area (Å²) in [6.07, 6.45) is 1.73. The zero-order chi connectivity index (χ0) is 21.0. The topological polar surface area (TPSA) is 68.7 Å². The molecule has 1 aromatic heterocycles. The van der Waals surface area contributed by atoms with Gasteiger partial charge in [0.1, 0.15) is 11.9 Å². The number of carbonyl (C=O) groups is 2. The van der Waals surface area contributed by atoms with Crippen LogP contribution in [0, 0.1) is 12.8 Å². The lowest BCUT2D eigenvalue weighted by Gasteiger charge is -2.37. The molecular formula is C22H21ClN2O4S. The number of benzene rings is 1. The maximum atomic E-state index is 13.6. The number of thiazole rings is 1. The quantitative estimate of drug-likeness (QED) is 0.664. The summed E-state index contributed by atoms with van der Waals surface area (Å²) in [7, 11) is 1.59. The van der Waals surface area contributed by atoms with Crippen LogP contribution in [0.5, 0.6) is 5.75 Å². The molecule has 0 spiro atoms. The molecule has 1 aliphatic carbocycles. The van der Waals surface area contributed by atoms with E-state index < -0.39 is 6.04 Å². The molecular weight excluding hydrogens is 424 g/mol. The van der Waals surface area contributed by atoms with Gasteiger partial charge in [-0.2, -0.15) is 0 Å². The van der Waals surface area contributed by atoms with Crippen LogP contribution in [0.3, 0.4) is 0 Å². The number of ketones is 1. The summed E-state index contributed by atoms with van der Waals surface area (Å²) in [5, 5.41) is 2.39. The highest BCUT2D eigenvalue weighted by Gasteiger charge is 2.53. The van der Waals surface area contributed by atoms with E-state index in [1.807, 2.05) is 36.6 Å². The molecule has 6 nitrogen and oxygen atoms in total. The van der Waals surface area contributed by atoms with Crippen LogP contribution in [0.2, 0.25) is 0 Å². The molecule has 156 valence electrons. The first-order valence-corrected chi connectivity index (χ1v) is 11.3. The average molecular weight is 445 g/mol. The van der Waals surface area contributed by atoms with Crippen LogP contribution < -0.4 is 9.64 Å². The van der Waals surface area contributed by atoms with Crippen LogP contribution in [-0.2, 0) is 14.3 Å². The SMILES string of the molecule is COc1cccc(C2C3=C(OC4CCC(Cl)CC4C3=O)C(=O)N2c2nc(C)cs2)c1. The molecule has 0 saturated heterocycles. The van der Waals surface area contributed by atoms with Crippen LogP contribution in [0.15, 0.2) is 41.0 Å². The van der Waals surface area contributed by atoms with Crippen LogP contribution in [0.4, 0.5) is 5.13 Å². The molecule has 4 atom stereocenters. The summed E-state index contributed by atoms with van der Waals surface area (Å²) >= 11 is 7.75. The van der Waals surface area contributed by atoms with E-state index in [0.717, 1.165) is 17.7 Å². The monoisotopic (exact) mass is 444 g/mol. The Balaban J connectivity index is 1.65. The Kier molecular flexibility index (Phi) is 4.82. The number of carbonyl (C=O) groups excluding carboxylic acids is 2. The van der Waals surface area contributed by atoms with Gasteiger partial charge in [0.2, 0.25) is 0 Å². The third-order valence-corrected chi connectivity index (χ3v) is 7.36. The van der Waals surface area contributed by atoms with Gasteiger partial charge in [0.15, 0.2) is 16.7 Å². The number of rotatable bonds is 3. The fourth-order valence-electron chi connectivity index (χ4n) is 4.59. The van der Waals surface area contributed by atoms with Crippen molar-refractivity contribution in [1.29, 1.82) is 0 Å². The Hall–Kier alpha value is -2.38. The van der Waals surface area contributed by atoms with Gasteiger partial charge in [-0.1, -0.05) is 12.1 Å². The van der Waals surface area contributed by atoms with Gasteiger partial charge in [0.25, 0.3) is 5.91 Å². The van der Waals surface area contributed by atoms with Gasteiger partial charge >= 0.3 is 0 Å². The molecule has 30 heavy (non-hydrogen) atoms. The van der Waals surface area contributed by atoms with Crippen molar-refractivity contribution in [2.24, 2.45) is 5.92 Å². The molecule has 0 radical (unpaired) electrons. The van der Waals surface area contributed by atoms with Crippen molar-refractivity contribution in [2.75, 3.05) is 12.0 Å². The predicted molar refractivity (Wildman–Crippen MR) is 114 cm³/mol. The number of nitrogens with zero attached hydrogens (tertiary/aromatic N) is 2. The van der Waals surface area contributed by atoms with E-state index in [0.29, 0.717) is 29.3 Å². The van der Waals surface area contributed by atoms with Crippen molar-refractivity contribution in [1.82, 2.24) is 4.98 Å². The van der Waals surface area contributed by atoms with E-state index >= 15 is 0 Å². The summed E-state index contributed by atoms with van der Waals surface area (Å²) in [6, 6.07) is 6.84. The second-order valence-electron chi connectivity index (χ2n) is 7.91. The zero-order valence-electron chi connectivity index (χ0n) is 16.6. The Morgan fingerprint density at radius 2 is 2.13 bits per heavy atom. The predicted octanol–water partition coefficient (Wildman–Crippen LogP) is 4.18. The Morgan fingerprint density at radius 3 is 2.87 bits per heavy atom. The first kappa shape index (κ1) is 19.6. The van der Waals surface area contributed by atoms with Gasteiger partial charge in [0.05, 0.1) is 30.3 Å². The molecule has 2 aromatic rings. The standard InChI is InChI=1S/C22H21ClN2O4S/c1-11-10-30-22(24-11)25-18(12-4-3-5-14(8-12)28-2)17-19(26)15-9-13(23)6-7-16(15)29-20(17)21(25)27/h3-5,8,10,13,15-16,18H,6-7,9H2,1-2H3. The number of ether oxygens (including phenoxy) is 2. The molecule has 3 heterocycles. The van der Waals surface area contributed by atoms with E-state index in [2.05, 4.69) is 4.98 Å². The van der Waals surface area contributed by atoms with E-state index in [1.54, 1.807) is 12.0 Å². The molecule has 1 amide bonds. The highest BCUT2D eigenvalue weighted by atomic mass is 35.5. The van der Waals surface area contributed by atoms with Gasteiger partial charge in [-0.15, -0.1) is 22.9 Å². The molecule has 1 aromatic carbocycles. The van der Waals surface area contributed by atoms with Gasteiger partial charge in [-0.25, -0.2) is 4.98 Å². The van der Waals surface area contributed by atoms with Crippen molar-refractivity contribution in [3.05, 3.63) is 52.2 Å². The number of hydrogen-bond acceptors (Lipinski definition) is 6. The van der Waals surface area contributed by atoms with E-state index in [1.165, 1.54) is 11.3 Å². The summed E-state index contributed by atoms with van der Waals surface area (Å²) in [4.78, 5) is 33.2. The summed E-state index contributed by atoms with van der Waals surface area (Å²) in [5.41, 5.74) is 2.02. The molecule has 2 aliphatic heterocycles. The smallest absolute Gasteiger partial charge is 0.296 e. The fourth-order valence-corrected chi connectivity index (χ4v) is 5.74. The second-order valence-corrected chi connectivity index (χ2v) is 9.36. The molecule has 0 N–H and O–H groups in total. The zero-order valence-corrected chi connectivity index (χ0v) is 18.2. The van der Waals surface area contributed by atoms with Crippen molar-refractivity contribution >= 4 is 39.8 Å². The number of aromatic nitrogens is 1. The third-order valence-electron chi connectivity index (χ3n) is 6.01. The van der Waals surface area contributed by atoms with Crippen LogP contribution in [-0.4, -0.2) is 35.3 Å². The number of methoxy groups -OCH3 is 1. The van der Waals surface area contributed by atoms with Gasteiger partial charge < -0.3 is 9.47 Å². The lowest BCUT2D eigenvalue weighted by Crippen LogP contribution is -2.41. The van der Waals surface area contributed by atoms with Crippen molar-refractivity contribution in [3.63, 3.8) is 0 Å². The number of halogens is 1. The first-order valence-electron chi connectivity index (χ1n) is 9.96. The average Bonchev–Trinajstić information content (AvgIpc) is 3.30. The molecule has 1 fully saturated rings. The van der Waals surface area contributed by atoms with Crippen molar-refractivity contribution < 1.29 is 19.1 Å². The minimum absolute atomic E-state index is 0.0384. The number of Topliss-reactive ketones (excluding diaryl/α,β-unsaturated/α-hetero) is 1. The van der Waals surface area contributed by atoms with Crippen molar-refractivity contribution in [2.45, 2.75) is 43.7 Å². The number of alkyl halides is 1. The maximum Gasteiger partial charge on any atom is 0.296 e. The molecule has 4 unspecified atom stereocenters. The van der Waals surface area contributed by atoms with Crippen LogP contribution in [0.25, 0.3) is 0 Å². The van der Waals surface area contributed by atoms with E-state index in [4.69, 9.17) is 21.1 Å². The Bertz CT molecular complexity index is 1060. The minimum atomic E-state index is -0.600. The van der Waals surface area contributed by atoms with E-state index in [9.17, 15) is 9.59 Å². The highest BCUT2D eigenvalue weighted by Crippen LogP contribution is 2.49. The lowest BCUT2D eigenvalue weighted by atomic mass is 9.77. The fraction of sp³-hybridized carbons (Fsp3) is 0.409. The maximum absolute atomic E-state index is 13.6. The number of anilines is 1. The van der Waals surface area contributed by atoms with Crippen molar-refractivity contribution in [3.8, 4) is 5.75 Å². The Labute approximate surface area is 183 Å². The Morgan fingerprint density at radius 1 is 1.30 bits per heavy atom. The molecule has 8 heteroatoms. The van der Waals surface area contributed by atoms with E-state index in [-0.39, 0.29) is 34.8 Å². The van der Waals surface area contributed by atoms with Crippen LogP contribution in [0.1, 0.15) is 36.6 Å². The second kappa shape index (κ2) is 7.39. The number of amides is 1. The minimum Gasteiger partial charge on any atom is -0.497 e. The number of hydrogen-bond donors (Lipinski definition) is 0. The largest absolute Gasteiger partial charge is 0.497 e. The lowest BCUT2D eigenvalue weighted by molar-refractivity contribution is -0.131. The summed E-state index contributed by atoms with van der Waals surface area (Å²) in [6.45, 7) is 1.88. The highest BCUT2D eigenvalue weighted by molar-refractivity contribution is 7.14. The molecule has 5 rings (SSSR count). The molecule has 1 saturated carbocycles. The van der Waals surface area contributed by atoms with Gasteiger partial charge in [-0.3, -0.25) is 14.5 Å². The summed E-state index contributed by atoms with van der Waals surface area (Å²) in [5.74, 6) is 0.147. The van der Waals surface area contributed by atoms with Gasteiger partial charge in [-0.05, 0) is 43.9 Å². The normalized spacial score (nSPS) is 28.3. The van der Waals surface area contributed by atoms with Crippen LogP contribution >= 0.6 is 22.9 Å². The van der Waals surface area contributed by atoms with Gasteiger partial charge in [0, 0.05) is 10.8 Å². The molecule has 0 bridgehead atoms. The summed E-state index contributed by atoms with van der Waals surface area (Å²) < 4.78 is 11.5.